The lowest BCUT2D eigenvalue weighted by Gasteiger charge is -2.00. The Labute approximate surface area is 93.9 Å². The molecule has 16 heavy (non-hydrogen) atoms. The Balaban J connectivity index is 2.89. The summed E-state index contributed by atoms with van der Waals surface area (Å²) in [6.07, 6.45) is 1.57. The van der Waals surface area contributed by atoms with E-state index in [1.54, 1.807) is 24.3 Å². The third-order valence-electron chi connectivity index (χ3n) is 2.09. The summed E-state index contributed by atoms with van der Waals surface area (Å²) in [5.41, 5.74) is 11.2. The molecule has 0 spiro atoms. The van der Waals surface area contributed by atoms with Crippen molar-refractivity contribution in [2.45, 2.75) is 6.42 Å². The van der Waals surface area contributed by atoms with Crippen LogP contribution >= 0.6 is 0 Å². The summed E-state index contributed by atoms with van der Waals surface area (Å²) >= 11 is 0. The van der Waals surface area contributed by atoms with Crippen molar-refractivity contribution in [3.8, 4) is 0 Å². The molecule has 1 aromatic rings. The van der Waals surface area contributed by atoms with Gasteiger partial charge in [-0.1, -0.05) is 30.3 Å². The Morgan fingerprint density at radius 3 is 2.31 bits per heavy atom. The summed E-state index contributed by atoms with van der Waals surface area (Å²) < 4.78 is 0. The number of amides is 1. The van der Waals surface area contributed by atoms with Gasteiger partial charge in [-0.2, -0.15) is 0 Å². The van der Waals surface area contributed by atoms with Gasteiger partial charge in [-0.05, 0) is 19.0 Å². The molecule has 0 atom stereocenters. The minimum Gasteiger partial charge on any atom is -0.366 e. The quantitative estimate of drug-likeness (QED) is 0.561. The van der Waals surface area contributed by atoms with Crippen molar-refractivity contribution in [3.05, 3.63) is 47.5 Å². The molecule has 1 amide bonds. The van der Waals surface area contributed by atoms with Crippen LogP contribution in [0.1, 0.15) is 16.8 Å². The molecule has 84 valence electrons. The van der Waals surface area contributed by atoms with E-state index in [0.29, 0.717) is 12.0 Å². The monoisotopic (exact) mass is 218 g/mol. The highest BCUT2D eigenvalue weighted by molar-refractivity contribution is 6.09. The molecule has 0 heterocycles. The van der Waals surface area contributed by atoms with Gasteiger partial charge in [0, 0.05) is 11.1 Å². The van der Waals surface area contributed by atoms with Crippen LogP contribution in [0, 0.1) is 0 Å². The van der Waals surface area contributed by atoms with Crippen molar-refractivity contribution in [3.63, 3.8) is 0 Å². The summed E-state index contributed by atoms with van der Waals surface area (Å²) in [5.74, 6) is -0.836. The predicted octanol–water partition coefficient (Wildman–Crippen LogP) is 0.630. The molecule has 0 radical (unpaired) electrons. The van der Waals surface area contributed by atoms with Crippen LogP contribution in [0.15, 0.2) is 42.0 Å². The van der Waals surface area contributed by atoms with E-state index in [-0.39, 0.29) is 17.9 Å². The third kappa shape index (κ3) is 3.33. The Morgan fingerprint density at radius 2 is 1.81 bits per heavy atom. The van der Waals surface area contributed by atoms with Gasteiger partial charge in [0.25, 0.3) is 0 Å². The van der Waals surface area contributed by atoms with Crippen molar-refractivity contribution < 1.29 is 9.59 Å². The molecule has 1 aromatic carbocycles. The van der Waals surface area contributed by atoms with E-state index in [4.69, 9.17) is 11.5 Å². The van der Waals surface area contributed by atoms with Gasteiger partial charge in [-0.25, -0.2) is 0 Å². The normalized spacial score (nSPS) is 11.2. The van der Waals surface area contributed by atoms with Gasteiger partial charge in [-0.15, -0.1) is 0 Å². The maximum Gasteiger partial charge on any atom is 0.244 e. The molecule has 0 aromatic heterocycles. The van der Waals surface area contributed by atoms with Crippen molar-refractivity contribution in [2.24, 2.45) is 11.5 Å². The first-order valence-corrected chi connectivity index (χ1v) is 4.95. The van der Waals surface area contributed by atoms with Gasteiger partial charge in [-0.3, -0.25) is 9.59 Å². The van der Waals surface area contributed by atoms with E-state index in [1.807, 2.05) is 6.07 Å². The number of hydrogen-bond donors (Lipinski definition) is 2. The molecule has 0 aliphatic heterocycles. The van der Waals surface area contributed by atoms with E-state index >= 15 is 0 Å². The molecular weight excluding hydrogens is 204 g/mol. The average Bonchev–Trinajstić information content (AvgIpc) is 2.29. The highest BCUT2D eigenvalue weighted by Gasteiger charge is 2.08. The summed E-state index contributed by atoms with van der Waals surface area (Å²) in [5, 5.41) is 0. The van der Waals surface area contributed by atoms with Crippen LogP contribution in [-0.2, 0) is 4.79 Å². The van der Waals surface area contributed by atoms with Gasteiger partial charge in [0.1, 0.15) is 0 Å². The molecule has 0 saturated carbocycles. The summed E-state index contributed by atoms with van der Waals surface area (Å²) in [6, 6.07) is 8.69. The zero-order valence-corrected chi connectivity index (χ0v) is 8.85. The van der Waals surface area contributed by atoms with E-state index < -0.39 is 5.91 Å². The molecular formula is C12H14N2O2. The Kier molecular flexibility index (Phi) is 4.42. The molecule has 4 N–H and O–H groups in total. The van der Waals surface area contributed by atoms with Crippen LogP contribution in [0.4, 0.5) is 0 Å². The SMILES string of the molecule is NCCC(=CC(=O)c1ccccc1)C(N)=O. The molecule has 0 unspecified atom stereocenters. The lowest BCUT2D eigenvalue weighted by Crippen LogP contribution is -2.18. The highest BCUT2D eigenvalue weighted by Crippen LogP contribution is 2.05. The number of rotatable bonds is 5. The van der Waals surface area contributed by atoms with Gasteiger partial charge in [0.2, 0.25) is 5.91 Å². The number of primary amides is 1. The van der Waals surface area contributed by atoms with Crippen LogP contribution < -0.4 is 11.5 Å². The van der Waals surface area contributed by atoms with Crippen molar-refractivity contribution in [1.82, 2.24) is 0 Å². The van der Waals surface area contributed by atoms with E-state index in [2.05, 4.69) is 0 Å². The number of hydrogen-bond acceptors (Lipinski definition) is 3. The second-order valence-electron chi connectivity index (χ2n) is 3.30. The van der Waals surface area contributed by atoms with Crippen LogP contribution in [0.25, 0.3) is 0 Å². The Morgan fingerprint density at radius 1 is 1.19 bits per heavy atom. The fourth-order valence-corrected chi connectivity index (χ4v) is 1.27. The zero-order chi connectivity index (χ0) is 12.0. The first-order chi connectivity index (χ1) is 7.65. The summed E-state index contributed by atoms with van der Waals surface area (Å²) in [7, 11) is 0. The van der Waals surface area contributed by atoms with E-state index in [1.165, 1.54) is 6.08 Å². The van der Waals surface area contributed by atoms with Crippen LogP contribution in [0.3, 0.4) is 0 Å². The van der Waals surface area contributed by atoms with Gasteiger partial charge in [0.15, 0.2) is 5.78 Å². The molecule has 1 rings (SSSR count). The third-order valence-corrected chi connectivity index (χ3v) is 2.09. The molecule has 0 fully saturated rings. The molecule has 4 heteroatoms. The molecule has 0 aliphatic carbocycles. The number of nitrogens with two attached hydrogens (primary N) is 2. The first-order valence-electron chi connectivity index (χ1n) is 4.95. The van der Waals surface area contributed by atoms with Crippen molar-refractivity contribution in [2.75, 3.05) is 6.54 Å². The number of ketones is 1. The average molecular weight is 218 g/mol. The van der Waals surface area contributed by atoms with E-state index in [0.717, 1.165) is 0 Å². The second kappa shape index (κ2) is 5.82. The maximum atomic E-state index is 11.7. The Bertz CT molecular complexity index is 410. The van der Waals surface area contributed by atoms with Crippen LogP contribution in [0.2, 0.25) is 0 Å². The standard InChI is InChI=1S/C12H14N2O2/c13-7-6-10(12(14)16)8-11(15)9-4-2-1-3-5-9/h1-5,8H,6-7,13H2,(H2,14,16). The summed E-state index contributed by atoms with van der Waals surface area (Å²) in [6.45, 7) is 0.289. The predicted molar refractivity (Wildman–Crippen MR) is 61.7 cm³/mol. The maximum absolute atomic E-state index is 11.7. The fourth-order valence-electron chi connectivity index (χ4n) is 1.27. The summed E-state index contributed by atoms with van der Waals surface area (Å²) in [4.78, 5) is 22.7. The lowest BCUT2D eigenvalue weighted by molar-refractivity contribution is -0.114. The second-order valence-corrected chi connectivity index (χ2v) is 3.30. The van der Waals surface area contributed by atoms with Gasteiger partial charge >= 0.3 is 0 Å². The number of benzene rings is 1. The molecule has 0 aliphatic rings. The van der Waals surface area contributed by atoms with Crippen molar-refractivity contribution >= 4 is 11.7 Å². The lowest BCUT2D eigenvalue weighted by atomic mass is 10.1. The number of carbonyl (C=O) groups excluding carboxylic acids is 2. The van der Waals surface area contributed by atoms with Crippen molar-refractivity contribution in [1.29, 1.82) is 0 Å². The van der Waals surface area contributed by atoms with Gasteiger partial charge < -0.3 is 11.5 Å². The Hall–Kier alpha value is -1.94. The highest BCUT2D eigenvalue weighted by atomic mass is 16.1. The largest absolute Gasteiger partial charge is 0.366 e. The molecule has 0 saturated heterocycles. The smallest absolute Gasteiger partial charge is 0.244 e. The zero-order valence-electron chi connectivity index (χ0n) is 8.85. The van der Waals surface area contributed by atoms with E-state index in [9.17, 15) is 9.59 Å². The topological polar surface area (TPSA) is 86.2 Å². The molecule has 4 nitrogen and oxygen atoms in total. The van der Waals surface area contributed by atoms with Crippen LogP contribution in [-0.4, -0.2) is 18.2 Å². The fraction of sp³-hybridized carbons (Fsp3) is 0.167. The minimum absolute atomic E-state index is 0.233. The number of carbonyl (C=O) groups is 2. The molecule has 0 bridgehead atoms. The van der Waals surface area contributed by atoms with Gasteiger partial charge in [0.05, 0.1) is 0 Å². The van der Waals surface area contributed by atoms with Crippen LogP contribution in [0.5, 0.6) is 0 Å². The number of allylic oxidation sites excluding steroid dienone is 1. The first kappa shape index (κ1) is 12.1. The minimum atomic E-state index is -0.602.